The monoisotopic (exact) mass is 238 g/mol. The summed E-state index contributed by atoms with van der Waals surface area (Å²) < 4.78 is 28.0. The maximum atomic E-state index is 11.7. The van der Waals surface area contributed by atoms with Gasteiger partial charge in [0.25, 0.3) is 6.43 Å². The molecule has 0 aliphatic heterocycles. The van der Waals surface area contributed by atoms with E-state index in [1.165, 1.54) is 0 Å². The average molecular weight is 238 g/mol. The third-order valence-corrected chi connectivity index (χ3v) is 2.33. The first kappa shape index (κ1) is 15.2. The van der Waals surface area contributed by atoms with Gasteiger partial charge in [0.15, 0.2) is 0 Å². The minimum absolute atomic E-state index is 0.0138. The summed E-state index contributed by atoms with van der Waals surface area (Å²) >= 11 is 0. The number of ether oxygens (including phenoxy) is 1. The van der Waals surface area contributed by atoms with E-state index >= 15 is 0 Å². The molecule has 0 heterocycles. The van der Waals surface area contributed by atoms with Crippen LogP contribution in [0, 0.1) is 5.92 Å². The molecule has 2 atom stereocenters. The van der Waals surface area contributed by atoms with E-state index in [9.17, 15) is 13.6 Å². The first-order chi connectivity index (χ1) is 7.47. The van der Waals surface area contributed by atoms with Crippen molar-refractivity contribution in [1.82, 2.24) is 5.32 Å². The van der Waals surface area contributed by atoms with Gasteiger partial charge in [-0.3, -0.25) is 4.79 Å². The fourth-order valence-corrected chi connectivity index (χ4v) is 1.01. The Bertz CT molecular complexity index is 203. The molecular weight excluding hydrogens is 218 g/mol. The number of carbonyl (C=O) groups excluding carboxylic acids is 1. The number of nitrogens with one attached hydrogen (secondary N) is 1. The van der Waals surface area contributed by atoms with Crippen molar-refractivity contribution < 1.29 is 18.3 Å². The number of amides is 1. The maximum absolute atomic E-state index is 11.7. The van der Waals surface area contributed by atoms with Crippen molar-refractivity contribution in [3.63, 3.8) is 0 Å². The summed E-state index contributed by atoms with van der Waals surface area (Å²) in [6, 6.07) is -0.0207. The molecule has 0 rings (SSSR count). The van der Waals surface area contributed by atoms with Crippen LogP contribution in [0.5, 0.6) is 0 Å². The zero-order valence-electron chi connectivity index (χ0n) is 9.71. The molecule has 0 radical (unpaired) electrons. The lowest BCUT2D eigenvalue weighted by molar-refractivity contribution is -0.123. The Hall–Kier alpha value is -0.750. The van der Waals surface area contributed by atoms with Gasteiger partial charge in [-0.15, -0.1) is 0 Å². The van der Waals surface area contributed by atoms with Gasteiger partial charge < -0.3 is 15.8 Å². The molecule has 1 amide bonds. The van der Waals surface area contributed by atoms with Gasteiger partial charge >= 0.3 is 0 Å². The molecule has 16 heavy (non-hydrogen) atoms. The molecule has 96 valence electrons. The summed E-state index contributed by atoms with van der Waals surface area (Å²) in [7, 11) is 0. The fourth-order valence-electron chi connectivity index (χ4n) is 1.01. The predicted octanol–water partition coefficient (Wildman–Crippen LogP) is 0.758. The highest BCUT2D eigenvalue weighted by Crippen LogP contribution is 2.00. The molecule has 0 aromatic carbocycles. The molecule has 4 nitrogen and oxygen atoms in total. The quantitative estimate of drug-likeness (QED) is 0.613. The molecule has 0 saturated carbocycles. The molecule has 0 aromatic heterocycles. The van der Waals surface area contributed by atoms with Crippen LogP contribution in [-0.4, -0.2) is 38.1 Å². The van der Waals surface area contributed by atoms with E-state index in [2.05, 4.69) is 10.1 Å². The minimum Gasteiger partial charge on any atom is -0.375 e. The van der Waals surface area contributed by atoms with Gasteiger partial charge in [0, 0.05) is 12.5 Å². The zero-order valence-corrected chi connectivity index (χ0v) is 9.71. The molecule has 0 saturated heterocycles. The SMILES string of the molecule is CC(CN)C(C)NC(=O)CCOCC(F)F. The standard InChI is InChI=1S/C10H20F2N2O2/c1-7(5-13)8(2)14-10(15)3-4-16-6-9(11)12/h7-9H,3-6,13H2,1-2H3,(H,14,15). The summed E-state index contributed by atoms with van der Waals surface area (Å²) in [6.07, 6.45) is -2.40. The van der Waals surface area contributed by atoms with Crippen molar-refractivity contribution in [2.45, 2.75) is 32.7 Å². The van der Waals surface area contributed by atoms with Crippen LogP contribution in [0.1, 0.15) is 20.3 Å². The van der Waals surface area contributed by atoms with E-state index in [4.69, 9.17) is 5.73 Å². The summed E-state index contributed by atoms with van der Waals surface area (Å²) in [6.45, 7) is 3.67. The Balaban J connectivity index is 3.58. The van der Waals surface area contributed by atoms with Gasteiger partial charge in [-0.25, -0.2) is 8.78 Å². The van der Waals surface area contributed by atoms with Crippen LogP contribution >= 0.6 is 0 Å². The minimum atomic E-state index is -2.49. The van der Waals surface area contributed by atoms with Crippen molar-refractivity contribution >= 4 is 5.91 Å². The van der Waals surface area contributed by atoms with Crippen molar-refractivity contribution in [2.24, 2.45) is 11.7 Å². The molecule has 0 bridgehead atoms. The third kappa shape index (κ3) is 7.53. The summed E-state index contributed by atoms with van der Waals surface area (Å²) in [5, 5.41) is 2.73. The highest BCUT2D eigenvalue weighted by atomic mass is 19.3. The van der Waals surface area contributed by atoms with Gasteiger partial charge in [0.05, 0.1) is 6.61 Å². The summed E-state index contributed by atoms with van der Waals surface area (Å²) in [4.78, 5) is 11.3. The second-order valence-electron chi connectivity index (χ2n) is 3.79. The Morgan fingerprint density at radius 1 is 1.44 bits per heavy atom. The lowest BCUT2D eigenvalue weighted by Crippen LogP contribution is -2.40. The van der Waals surface area contributed by atoms with Crippen LogP contribution in [-0.2, 0) is 9.53 Å². The van der Waals surface area contributed by atoms with E-state index in [1.54, 1.807) is 0 Å². The third-order valence-electron chi connectivity index (χ3n) is 2.33. The normalized spacial score (nSPS) is 14.9. The highest BCUT2D eigenvalue weighted by molar-refractivity contribution is 5.76. The smallest absolute Gasteiger partial charge is 0.261 e. The van der Waals surface area contributed by atoms with Crippen molar-refractivity contribution in [1.29, 1.82) is 0 Å². The predicted molar refractivity (Wildman–Crippen MR) is 57.3 cm³/mol. The van der Waals surface area contributed by atoms with E-state index in [0.717, 1.165) is 0 Å². The number of carbonyl (C=O) groups is 1. The second kappa shape index (κ2) is 8.41. The lowest BCUT2D eigenvalue weighted by Gasteiger charge is -2.19. The molecular formula is C10H20F2N2O2. The molecule has 2 unspecified atom stereocenters. The number of hydrogen-bond donors (Lipinski definition) is 2. The van der Waals surface area contributed by atoms with Crippen molar-refractivity contribution in [2.75, 3.05) is 19.8 Å². The van der Waals surface area contributed by atoms with E-state index in [0.29, 0.717) is 6.54 Å². The van der Waals surface area contributed by atoms with Crippen LogP contribution in [0.3, 0.4) is 0 Å². The number of rotatable bonds is 8. The van der Waals surface area contributed by atoms with Gasteiger partial charge in [-0.05, 0) is 19.4 Å². The van der Waals surface area contributed by atoms with Crippen molar-refractivity contribution in [3.05, 3.63) is 0 Å². The van der Waals surface area contributed by atoms with Crippen LogP contribution in [0.25, 0.3) is 0 Å². The largest absolute Gasteiger partial charge is 0.375 e. The molecule has 0 fully saturated rings. The Morgan fingerprint density at radius 3 is 2.56 bits per heavy atom. The van der Waals surface area contributed by atoms with Gasteiger partial charge in [0.1, 0.15) is 6.61 Å². The molecule has 0 aliphatic rings. The summed E-state index contributed by atoms with van der Waals surface area (Å²) in [5.74, 6) is -0.0204. The molecule has 3 N–H and O–H groups in total. The molecule has 0 spiro atoms. The lowest BCUT2D eigenvalue weighted by atomic mass is 10.0. The van der Waals surface area contributed by atoms with Gasteiger partial charge in [-0.2, -0.15) is 0 Å². The topological polar surface area (TPSA) is 64.3 Å². The van der Waals surface area contributed by atoms with Crippen LogP contribution in [0.15, 0.2) is 0 Å². The molecule has 6 heteroatoms. The van der Waals surface area contributed by atoms with E-state index in [1.807, 2.05) is 13.8 Å². The van der Waals surface area contributed by atoms with Crippen LogP contribution in [0.2, 0.25) is 0 Å². The van der Waals surface area contributed by atoms with Crippen LogP contribution in [0.4, 0.5) is 8.78 Å². The van der Waals surface area contributed by atoms with E-state index < -0.39 is 13.0 Å². The molecule has 0 aromatic rings. The second-order valence-corrected chi connectivity index (χ2v) is 3.79. The average Bonchev–Trinajstić information content (AvgIpc) is 2.22. The number of alkyl halides is 2. The number of hydrogen-bond acceptors (Lipinski definition) is 3. The first-order valence-electron chi connectivity index (χ1n) is 5.32. The number of nitrogens with two attached hydrogens (primary N) is 1. The molecule has 0 aliphatic carbocycles. The Labute approximate surface area is 94.5 Å². The fraction of sp³-hybridized carbons (Fsp3) is 0.900. The Morgan fingerprint density at radius 2 is 2.06 bits per heavy atom. The maximum Gasteiger partial charge on any atom is 0.261 e. The number of halogens is 2. The Kier molecular flexibility index (Phi) is 8.01. The van der Waals surface area contributed by atoms with Gasteiger partial charge in [-0.1, -0.05) is 6.92 Å². The highest BCUT2D eigenvalue weighted by Gasteiger charge is 2.13. The summed E-state index contributed by atoms with van der Waals surface area (Å²) in [5.41, 5.74) is 5.44. The van der Waals surface area contributed by atoms with Crippen LogP contribution < -0.4 is 11.1 Å². The first-order valence-corrected chi connectivity index (χ1v) is 5.32. The van der Waals surface area contributed by atoms with Crippen molar-refractivity contribution in [3.8, 4) is 0 Å². The van der Waals surface area contributed by atoms with Gasteiger partial charge in [0.2, 0.25) is 5.91 Å². The van der Waals surface area contributed by atoms with E-state index in [-0.39, 0.29) is 30.9 Å². The zero-order chi connectivity index (χ0) is 12.6.